The highest BCUT2D eigenvalue weighted by Gasteiger charge is 2.33. The molecule has 1 fully saturated rings. The number of thioether (sulfide) groups is 1. The van der Waals surface area contributed by atoms with Crippen molar-refractivity contribution in [3.05, 3.63) is 23.0 Å². The van der Waals surface area contributed by atoms with E-state index in [2.05, 4.69) is 31.1 Å². The van der Waals surface area contributed by atoms with Crippen LogP contribution in [0.15, 0.2) is 21.4 Å². The first-order chi connectivity index (χ1) is 12.9. The number of hydrogen-bond donors (Lipinski definition) is 1. The van der Waals surface area contributed by atoms with Crippen LogP contribution in [0.1, 0.15) is 60.3 Å². The van der Waals surface area contributed by atoms with E-state index in [9.17, 15) is 4.79 Å². The van der Waals surface area contributed by atoms with E-state index in [1.54, 1.807) is 11.8 Å². The number of carbonyl (C=O) groups is 1. The Morgan fingerprint density at radius 2 is 1.96 bits per heavy atom. The van der Waals surface area contributed by atoms with Gasteiger partial charge in [0.2, 0.25) is 5.89 Å². The van der Waals surface area contributed by atoms with Crippen molar-refractivity contribution in [2.45, 2.75) is 75.5 Å². The van der Waals surface area contributed by atoms with E-state index in [1.165, 1.54) is 0 Å². The number of nitrogens with zero attached hydrogens (tertiary/aromatic N) is 1. The van der Waals surface area contributed by atoms with Crippen molar-refractivity contribution in [2.24, 2.45) is 5.92 Å². The van der Waals surface area contributed by atoms with Gasteiger partial charge < -0.3 is 14.5 Å². The fourth-order valence-corrected chi connectivity index (χ4v) is 4.77. The SMILES string of the molecule is CC(C)(C)NC(=O)OCC1CC(Sc2c(Cl)ccc3nc(C(C)(C)C)oc23)C1. The molecule has 1 aromatic heterocycles. The zero-order valence-electron chi connectivity index (χ0n) is 17.4. The maximum Gasteiger partial charge on any atom is 0.407 e. The molecule has 0 atom stereocenters. The Bertz CT molecular complexity index is 861. The summed E-state index contributed by atoms with van der Waals surface area (Å²) in [5.74, 6) is 1.11. The normalized spacial score (nSPS) is 20.1. The molecule has 1 aliphatic rings. The van der Waals surface area contributed by atoms with Gasteiger partial charge in [-0.3, -0.25) is 0 Å². The third kappa shape index (κ3) is 5.15. The molecule has 0 unspecified atom stereocenters. The van der Waals surface area contributed by atoms with Crippen LogP contribution in [0.5, 0.6) is 0 Å². The molecule has 3 rings (SSSR count). The summed E-state index contributed by atoms with van der Waals surface area (Å²) in [5.41, 5.74) is 1.18. The van der Waals surface area contributed by atoms with Gasteiger partial charge in [-0.15, -0.1) is 11.8 Å². The number of hydrogen-bond acceptors (Lipinski definition) is 5. The highest BCUT2D eigenvalue weighted by Crippen LogP contribution is 2.46. The summed E-state index contributed by atoms with van der Waals surface area (Å²) in [6.07, 6.45) is 1.62. The predicted molar refractivity (Wildman–Crippen MR) is 114 cm³/mol. The third-order valence-corrected chi connectivity index (χ3v) is 6.30. The van der Waals surface area contributed by atoms with E-state index < -0.39 is 0 Å². The highest BCUT2D eigenvalue weighted by atomic mass is 35.5. The molecule has 28 heavy (non-hydrogen) atoms. The van der Waals surface area contributed by atoms with Crippen LogP contribution in [0.3, 0.4) is 0 Å². The zero-order valence-corrected chi connectivity index (χ0v) is 19.0. The van der Waals surface area contributed by atoms with Crippen molar-refractivity contribution >= 4 is 40.6 Å². The molecule has 154 valence electrons. The summed E-state index contributed by atoms with van der Waals surface area (Å²) in [6, 6.07) is 3.79. The minimum Gasteiger partial charge on any atom is -0.449 e. The molecule has 1 saturated carbocycles. The van der Waals surface area contributed by atoms with Crippen molar-refractivity contribution < 1.29 is 13.9 Å². The predicted octanol–water partition coefficient (Wildman–Crippen LogP) is 6.17. The van der Waals surface area contributed by atoms with Gasteiger partial charge in [-0.05, 0) is 51.7 Å². The van der Waals surface area contributed by atoms with Gasteiger partial charge in [0, 0.05) is 16.2 Å². The molecule has 2 aromatic rings. The highest BCUT2D eigenvalue weighted by molar-refractivity contribution is 8.00. The molecular weight excluding hydrogens is 396 g/mol. The van der Waals surface area contributed by atoms with E-state index in [0.717, 1.165) is 34.7 Å². The first-order valence-corrected chi connectivity index (χ1v) is 10.9. The van der Waals surface area contributed by atoms with Crippen molar-refractivity contribution in [3.8, 4) is 0 Å². The Morgan fingerprint density at radius 1 is 1.29 bits per heavy atom. The monoisotopic (exact) mass is 424 g/mol. The Morgan fingerprint density at radius 3 is 2.57 bits per heavy atom. The first-order valence-electron chi connectivity index (χ1n) is 9.63. The lowest BCUT2D eigenvalue weighted by molar-refractivity contribution is 0.100. The van der Waals surface area contributed by atoms with Crippen LogP contribution >= 0.6 is 23.4 Å². The topological polar surface area (TPSA) is 64.4 Å². The molecule has 7 heteroatoms. The van der Waals surface area contributed by atoms with Gasteiger partial charge in [0.25, 0.3) is 0 Å². The van der Waals surface area contributed by atoms with Gasteiger partial charge in [0.1, 0.15) is 5.52 Å². The number of fused-ring (bicyclic) bond motifs is 1. The Balaban J connectivity index is 1.59. The number of carbonyl (C=O) groups excluding carboxylic acids is 1. The number of amides is 1. The van der Waals surface area contributed by atoms with Crippen LogP contribution in [0, 0.1) is 5.92 Å². The quantitative estimate of drug-likeness (QED) is 0.635. The Hall–Kier alpha value is -1.40. The fraction of sp³-hybridized carbons (Fsp3) is 0.619. The molecule has 1 heterocycles. The van der Waals surface area contributed by atoms with Crippen molar-refractivity contribution in [3.63, 3.8) is 0 Å². The molecule has 0 aliphatic heterocycles. The second-order valence-corrected chi connectivity index (χ2v) is 11.3. The molecule has 5 nitrogen and oxygen atoms in total. The Kier molecular flexibility index (Phi) is 5.93. The molecule has 0 spiro atoms. The molecule has 0 radical (unpaired) electrons. The van der Waals surface area contributed by atoms with Gasteiger partial charge in [0.05, 0.1) is 16.5 Å². The van der Waals surface area contributed by atoms with Crippen molar-refractivity contribution in [2.75, 3.05) is 6.61 Å². The van der Waals surface area contributed by atoms with Crippen molar-refractivity contribution in [1.82, 2.24) is 10.3 Å². The van der Waals surface area contributed by atoms with Crippen LogP contribution in [0.25, 0.3) is 11.1 Å². The number of aromatic nitrogens is 1. The number of nitrogens with one attached hydrogen (secondary N) is 1. The van der Waals surface area contributed by atoms with Crippen LogP contribution < -0.4 is 5.32 Å². The summed E-state index contributed by atoms with van der Waals surface area (Å²) in [6.45, 7) is 12.5. The van der Waals surface area contributed by atoms with E-state index >= 15 is 0 Å². The first kappa shape index (κ1) is 21.3. The van der Waals surface area contributed by atoms with E-state index in [1.807, 2.05) is 32.9 Å². The minimum atomic E-state index is -0.354. The number of benzene rings is 1. The summed E-state index contributed by atoms with van der Waals surface area (Å²) < 4.78 is 11.4. The molecular formula is C21H29ClN2O3S. The second-order valence-electron chi connectivity index (χ2n) is 9.54. The minimum absolute atomic E-state index is 0.153. The lowest BCUT2D eigenvalue weighted by Crippen LogP contribution is -2.42. The Labute approximate surface area is 175 Å². The summed E-state index contributed by atoms with van der Waals surface area (Å²) in [4.78, 5) is 17.4. The molecule has 1 N–H and O–H groups in total. The van der Waals surface area contributed by atoms with Crippen LogP contribution in [0.2, 0.25) is 5.02 Å². The van der Waals surface area contributed by atoms with Gasteiger partial charge in [-0.1, -0.05) is 32.4 Å². The van der Waals surface area contributed by atoms with Crippen LogP contribution in [-0.4, -0.2) is 28.5 Å². The van der Waals surface area contributed by atoms with Crippen LogP contribution in [0.4, 0.5) is 4.79 Å². The molecule has 0 saturated heterocycles. The van der Waals surface area contributed by atoms with Gasteiger partial charge in [0.15, 0.2) is 5.58 Å². The standard InChI is InChI=1S/C21H29ClN2O3S/c1-20(2,3)18-23-15-8-7-14(22)17(16(15)27-18)28-13-9-12(10-13)11-26-19(25)24-21(4,5)6/h7-8,12-13H,9-11H2,1-6H3,(H,24,25). The fourth-order valence-electron chi connectivity index (χ4n) is 2.98. The van der Waals surface area contributed by atoms with Crippen molar-refractivity contribution in [1.29, 1.82) is 0 Å². The van der Waals surface area contributed by atoms with E-state index in [0.29, 0.717) is 22.8 Å². The smallest absolute Gasteiger partial charge is 0.407 e. The average Bonchev–Trinajstić information content (AvgIpc) is 2.94. The lowest BCUT2D eigenvalue weighted by Gasteiger charge is -2.34. The van der Waals surface area contributed by atoms with Gasteiger partial charge in [-0.2, -0.15) is 0 Å². The number of halogens is 1. The van der Waals surface area contributed by atoms with Crippen LogP contribution in [-0.2, 0) is 10.2 Å². The molecule has 1 amide bonds. The molecule has 1 aliphatic carbocycles. The number of rotatable bonds is 4. The van der Waals surface area contributed by atoms with Gasteiger partial charge >= 0.3 is 6.09 Å². The summed E-state index contributed by atoms with van der Waals surface area (Å²) in [7, 11) is 0. The second kappa shape index (κ2) is 7.79. The van der Waals surface area contributed by atoms with E-state index in [-0.39, 0.29) is 17.0 Å². The largest absolute Gasteiger partial charge is 0.449 e. The maximum atomic E-state index is 11.8. The summed E-state index contributed by atoms with van der Waals surface area (Å²) >= 11 is 8.20. The average molecular weight is 425 g/mol. The molecule has 1 aromatic carbocycles. The maximum absolute atomic E-state index is 11.8. The lowest BCUT2D eigenvalue weighted by atomic mass is 9.85. The van der Waals surface area contributed by atoms with Gasteiger partial charge in [-0.25, -0.2) is 9.78 Å². The third-order valence-electron chi connectivity index (χ3n) is 4.51. The molecule has 0 bridgehead atoms. The zero-order chi connectivity index (χ0) is 20.7. The number of oxazole rings is 1. The van der Waals surface area contributed by atoms with E-state index in [4.69, 9.17) is 20.8 Å². The number of ether oxygens (including phenoxy) is 1. The summed E-state index contributed by atoms with van der Waals surface area (Å²) in [5, 5.41) is 3.94. The number of alkyl carbamates (subject to hydrolysis) is 1.